The van der Waals surface area contributed by atoms with Crippen LogP contribution in [0.4, 0.5) is 0 Å². The van der Waals surface area contributed by atoms with Gasteiger partial charge in [-0.3, -0.25) is 13.8 Å². The molecule has 0 heterocycles. The number of hydrogen-bond donors (Lipinski definition) is 1. The van der Waals surface area contributed by atoms with Crippen LogP contribution < -0.4 is 0 Å². The minimum absolute atomic E-state index is 0.121. The summed E-state index contributed by atoms with van der Waals surface area (Å²) in [5, 5.41) is 7.00. The molecule has 0 unspecified atom stereocenters. The molecule has 0 spiro atoms. The van der Waals surface area contributed by atoms with Crippen molar-refractivity contribution in [1.29, 1.82) is 0 Å². The summed E-state index contributed by atoms with van der Waals surface area (Å²) in [5.41, 5.74) is 1.55. The Balaban J connectivity index is 0. The first-order chi connectivity index (χ1) is 12.2. The molecule has 0 bridgehead atoms. The van der Waals surface area contributed by atoms with Gasteiger partial charge < -0.3 is 5.11 Å². The van der Waals surface area contributed by atoms with Gasteiger partial charge in [0.1, 0.15) is 0 Å². The molecule has 7 heteroatoms. The van der Waals surface area contributed by atoms with E-state index in [0.29, 0.717) is 0 Å². The molecule has 0 radical (unpaired) electrons. The summed E-state index contributed by atoms with van der Waals surface area (Å²) in [6.07, 6.45) is 0.993. The largest absolute Gasteiger partial charge is 0.400 e. The Morgan fingerprint density at radius 1 is 0.769 bits per heavy atom. The summed E-state index contributed by atoms with van der Waals surface area (Å²) in [4.78, 5) is 21.3. The van der Waals surface area contributed by atoms with Gasteiger partial charge in [0.15, 0.2) is 11.6 Å². The minimum Gasteiger partial charge on any atom is -0.400 e. The highest BCUT2D eigenvalue weighted by atomic mass is 32.2. The molecule has 0 aliphatic heterocycles. The summed E-state index contributed by atoms with van der Waals surface area (Å²) in [6.45, 7) is 3.13. The summed E-state index contributed by atoms with van der Waals surface area (Å²) in [5.74, 6) is 0.242. The zero-order valence-corrected chi connectivity index (χ0v) is 16.5. The molecule has 2 rings (SSSR count). The van der Waals surface area contributed by atoms with Crippen LogP contribution in [0.1, 0.15) is 34.6 Å². The van der Waals surface area contributed by atoms with Crippen molar-refractivity contribution >= 4 is 21.7 Å². The Morgan fingerprint density at radius 3 is 1.12 bits per heavy atom. The number of rotatable bonds is 3. The zero-order valence-electron chi connectivity index (χ0n) is 15.7. The van der Waals surface area contributed by atoms with Crippen molar-refractivity contribution in [1.82, 2.24) is 0 Å². The second-order valence-electron chi connectivity index (χ2n) is 4.72. The van der Waals surface area contributed by atoms with Crippen molar-refractivity contribution in [2.24, 2.45) is 0 Å². The van der Waals surface area contributed by atoms with E-state index in [0.717, 1.165) is 31.6 Å². The maximum atomic E-state index is 10.6. The fraction of sp³-hybridized carbons (Fsp3) is 0.263. The van der Waals surface area contributed by atoms with E-state index < -0.39 is 10.1 Å². The number of carbonyl (C=O) groups is 2. The number of hydrogen-bond acceptors (Lipinski definition) is 6. The maximum absolute atomic E-state index is 10.6. The predicted octanol–water partition coefficient (Wildman–Crippen LogP) is 2.98. The van der Waals surface area contributed by atoms with E-state index in [1.165, 1.54) is 0 Å². The molecule has 0 saturated heterocycles. The molecular formula is C19H26O6S. The van der Waals surface area contributed by atoms with Crippen LogP contribution in [0.3, 0.4) is 0 Å². The standard InChI is InChI=1S/2C8H8O.C2H6O3S.CH4O/c2*1-7(9)8-5-3-2-4-6-8;1-5-6(2,3)4;1-2/h2*2-6H,1H3;1-2H3;2H,1H3. The van der Waals surface area contributed by atoms with Crippen molar-refractivity contribution in [3.8, 4) is 0 Å². The van der Waals surface area contributed by atoms with Crippen LogP contribution in [-0.4, -0.2) is 45.6 Å². The van der Waals surface area contributed by atoms with E-state index in [9.17, 15) is 18.0 Å². The predicted molar refractivity (Wildman–Crippen MR) is 103 cm³/mol. The summed E-state index contributed by atoms with van der Waals surface area (Å²) >= 11 is 0. The van der Waals surface area contributed by atoms with Crippen molar-refractivity contribution in [2.75, 3.05) is 20.5 Å². The van der Waals surface area contributed by atoms with Crippen LogP contribution in [0.25, 0.3) is 0 Å². The Bertz CT molecular complexity index is 676. The molecule has 2 aromatic rings. The van der Waals surface area contributed by atoms with Crippen molar-refractivity contribution < 1.29 is 27.3 Å². The normalized spacial score (nSPS) is 9.15. The molecule has 1 N–H and O–H groups in total. The molecule has 0 aromatic heterocycles. The third kappa shape index (κ3) is 15.2. The van der Waals surface area contributed by atoms with Crippen LogP contribution in [0.2, 0.25) is 0 Å². The molecule has 0 fully saturated rings. The topological polar surface area (TPSA) is 97.7 Å². The third-order valence-electron chi connectivity index (χ3n) is 2.66. The smallest absolute Gasteiger partial charge is 0.264 e. The van der Waals surface area contributed by atoms with Crippen LogP contribution in [0.15, 0.2) is 60.7 Å². The first kappa shape index (κ1) is 25.9. The highest BCUT2D eigenvalue weighted by Crippen LogP contribution is 1.98. The molecule has 0 saturated carbocycles. The lowest BCUT2D eigenvalue weighted by Crippen LogP contribution is -1.95. The Morgan fingerprint density at radius 2 is 1.00 bits per heavy atom. The molecule has 0 amide bonds. The summed E-state index contributed by atoms with van der Waals surface area (Å²) < 4.78 is 23.5. The van der Waals surface area contributed by atoms with Gasteiger partial charge in [0.25, 0.3) is 10.1 Å². The fourth-order valence-electron chi connectivity index (χ4n) is 1.35. The molecule has 6 nitrogen and oxygen atoms in total. The van der Waals surface area contributed by atoms with Gasteiger partial charge in [-0.1, -0.05) is 60.7 Å². The molecule has 0 atom stereocenters. The Hall–Kier alpha value is -2.35. The monoisotopic (exact) mass is 382 g/mol. The number of aliphatic hydroxyl groups is 1. The lowest BCUT2D eigenvalue weighted by Gasteiger charge is -1.89. The SMILES string of the molecule is CC(=O)c1ccccc1.CC(=O)c1ccccc1.CO.COS(C)(=O)=O. The average molecular weight is 382 g/mol. The van der Waals surface area contributed by atoms with Gasteiger partial charge >= 0.3 is 0 Å². The average Bonchev–Trinajstić information content (AvgIpc) is 2.65. The summed E-state index contributed by atoms with van der Waals surface area (Å²) in [7, 11) is -1.04. The second kappa shape index (κ2) is 14.9. The Kier molecular flexibility index (Phi) is 14.9. The van der Waals surface area contributed by atoms with Gasteiger partial charge in [-0.2, -0.15) is 8.42 Å². The van der Waals surface area contributed by atoms with Gasteiger partial charge in [0, 0.05) is 18.2 Å². The quantitative estimate of drug-likeness (QED) is 0.647. The van der Waals surface area contributed by atoms with E-state index in [4.69, 9.17) is 5.11 Å². The number of benzene rings is 2. The van der Waals surface area contributed by atoms with E-state index in [1.54, 1.807) is 13.8 Å². The van der Waals surface area contributed by atoms with Gasteiger partial charge in [0.2, 0.25) is 0 Å². The van der Waals surface area contributed by atoms with Gasteiger partial charge in [-0.25, -0.2) is 0 Å². The number of carbonyl (C=O) groups excluding carboxylic acids is 2. The Labute approximate surface area is 155 Å². The number of ketones is 2. The van der Waals surface area contributed by atoms with Gasteiger partial charge in [-0.15, -0.1) is 0 Å². The molecule has 144 valence electrons. The van der Waals surface area contributed by atoms with Gasteiger partial charge in [0.05, 0.1) is 13.4 Å². The molecule has 0 aliphatic carbocycles. The number of aliphatic hydroxyl groups excluding tert-OH is 1. The van der Waals surface area contributed by atoms with E-state index in [1.807, 2.05) is 60.7 Å². The number of Topliss-reactive ketones (excluding diaryl/α,β-unsaturated/α-hetero) is 2. The molecule has 26 heavy (non-hydrogen) atoms. The molecular weight excluding hydrogens is 356 g/mol. The third-order valence-corrected chi connectivity index (χ3v) is 3.27. The molecule has 2 aromatic carbocycles. The second-order valence-corrected chi connectivity index (χ2v) is 6.46. The highest BCUT2D eigenvalue weighted by Gasteiger charge is 1.93. The van der Waals surface area contributed by atoms with Crippen LogP contribution in [0, 0.1) is 0 Å². The van der Waals surface area contributed by atoms with Crippen LogP contribution in [-0.2, 0) is 14.3 Å². The van der Waals surface area contributed by atoms with Crippen LogP contribution in [0.5, 0.6) is 0 Å². The van der Waals surface area contributed by atoms with Crippen molar-refractivity contribution in [2.45, 2.75) is 13.8 Å². The maximum Gasteiger partial charge on any atom is 0.264 e. The van der Waals surface area contributed by atoms with Crippen LogP contribution >= 0.6 is 0 Å². The van der Waals surface area contributed by atoms with E-state index in [-0.39, 0.29) is 11.6 Å². The summed E-state index contributed by atoms with van der Waals surface area (Å²) in [6, 6.07) is 18.5. The van der Waals surface area contributed by atoms with E-state index >= 15 is 0 Å². The minimum atomic E-state index is -3.16. The lowest BCUT2D eigenvalue weighted by atomic mass is 10.2. The fourth-order valence-corrected chi connectivity index (χ4v) is 1.35. The first-order valence-corrected chi connectivity index (χ1v) is 9.31. The highest BCUT2D eigenvalue weighted by molar-refractivity contribution is 7.85. The van der Waals surface area contributed by atoms with Crippen molar-refractivity contribution in [3.63, 3.8) is 0 Å². The van der Waals surface area contributed by atoms with E-state index in [2.05, 4.69) is 4.18 Å². The molecule has 0 aliphatic rings. The van der Waals surface area contributed by atoms with Crippen molar-refractivity contribution in [3.05, 3.63) is 71.8 Å². The van der Waals surface area contributed by atoms with Gasteiger partial charge in [-0.05, 0) is 13.8 Å². The zero-order chi connectivity index (χ0) is 20.6. The first-order valence-electron chi connectivity index (χ1n) is 7.49. The lowest BCUT2D eigenvalue weighted by molar-refractivity contribution is 0.100.